The number of fused-ring (bicyclic) bond motifs is 1. The van der Waals surface area contributed by atoms with Gasteiger partial charge in [-0.1, -0.05) is 18.2 Å². The number of aryl methyl sites for hydroxylation is 1. The summed E-state index contributed by atoms with van der Waals surface area (Å²) in [4.78, 5) is 37.7. The molecular weight excluding hydrogens is 422 g/mol. The average Bonchev–Trinajstić information content (AvgIpc) is 3.33. The second-order valence-electron chi connectivity index (χ2n) is 8.96. The first-order valence-electron chi connectivity index (χ1n) is 11.5. The van der Waals surface area contributed by atoms with Gasteiger partial charge in [-0.3, -0.25) is 19.7 Å². The van der Waals surface area contributed by atoms with Crippen molar-refractivity contribution in [2.45, 2.75) is 51.5 Å². The van der Waals surface area contributed by atoms with Crippen LogP contribution < -0.4 is 5.69 Å². The number of nitrogens with one attached hydrogen (secondary N) is 2. The number of carbonyl (C=O) groups is 1. The summed E-state index contributed by atoms with van der Waals surface area (Å²) < 4.78 is 6.27. The molecule has 0 spiro atoms. The smallest absolute Gasteiger partial charge is 0.326 e. The van der Waals surface area contributed by atoms with Gasteiger partial charge in [0.2, 0.25) is 11.8 Å². The second kappa shape index (κ2) is 8.99. The van der Waals surface area contributed by atoms with Crippen LogP contribution in [0.25, 0.3) is 10.9 Å². The Balaban J connectivity index is 1.15. The number of ether oxygens (including phenoxy) is 1. The molecule has 2 aliphatic rings. The molecule has 2 saturated heterocycles. The molecule has 9 nitrogen and oxygen atoms in total. The van der Waals surface area contributed by atoms with Crippen LogP contribution in [0, 0.1) is 6.92 Å². The summed E-state index contributed by atoms with van der Waals surface area (Å²) in [5.41, 5.74) is 3.02. The molecule has 0 saturated carbocycles. The van der Waals surface area contributed by atoms with Crippen molar-refractivity contribution < 1.29 is 14.6 Å². The number of hydrogen-bond acceptors (Lipinski definition) is 6. The van der Waals surface area contributed by atoms with Crippen molar-refractivity contribution >= 4 is 16.8 Å². The molecule has 0 radical (unpaired) electrons. The minimum absolute atomic E-state index is 0.0505. The SMILES string of the molecule is Cc1cc(COC2CCN(C3CCN(Cc4[nH]c(=O)[nH]c4O)C3=O)CC2)c2ccccc2n1. The lowest BCUT2D eigenvalue weighted by Gasteiger charge is -2.35. The summed E-state index contributed by atoms with van der Waals surface area (Å²) in [6, 6.07) is 10.1. The van der Waals surface area contributed by atoms with Crippen LogP contribution in [0.1, 0.15) is 36.2 Å². The second-order valence-corrected chi connectivity index (χ2v) is 8.96. The average molecular weight is 452 g/mol. The molecule has 0 aliphatic carbocycles. The number of amides is 1. The van der Waals surface area contributed by atoms with E-state index in [0.717, 1.165) is 54.5 Å². The Morgan fingerprint density at radius 1 is 1.12 bits per heavy atom. The van der Waals surface area contributed by atoms with Gasteiger partial charge in [-0.25, -0.2) is 4.79 Å². The zero-order chi connectivity index (χ0) is 22.9. The van der Waals surface area contributed by atoms with Crippen molar-refractivity contribution in [3.63, 3.8) is 0 Å². The van der Waals surface area contributed by atoms with E-state index >= 15 is 0 Å². The van der Waals surface area contributed by atoms with Crippen LogP contribution in [0.4, 0.5) is 0 Å². The zero-order valence-corrected chi connectivity index (χ0v) is 18.7. The molecule has 1 atom stereocenters. The molecule has 4 heterocycles. The van der Waals surface area contributed by atoms with Crippen molar-refractivity contribution in [2.24, 2.45) is 0 Å². The number of aromatic hydroxyl groups is 1. The van der Waals surface area contributed by atoms with Crippen LogP contribution in [0.15, 0.2) is 35.1 Å². The van der Waals surface area contributed by atoms with Gasteiger partial charge in [0.15, 0.2) is 0 Å². The predicted octanol–water partition coefficient (Wildman–Crippen LogP) is 2.05. The summed E-state index contributed by atoms with van der Waals surface area (Å²) in [7, 11) is 0. The third-order valence-electron chi connectivity index (χ3n) is 6.72. The Kier molecular flexibility index (Phi) is 5.90. The number of carbonyl (C=O) groups excluding carboxylic acids is 1. The summed E-state index contributed by atoms with van der Waals surface area (Å²) >= 11 is 0. The summed E-state index contributed by atoms with van der Waals surface area (Å²) in [6.45, 7) is 5.02. The lowest BCUT2D eigenvalue weighted by molar-refractivity contribution is -0.133. The number of nitrogens with zero attached hydrogens (tertiary/aromatic N) is 3. The van der Waals surface area contributed by atoms with Crippen molar-refractivity contribution in [3.8, 4) is 5.88 Å². The van der Waals surface area contributed by atoms with Gasteiger partial charge >= 0.3 is 5.69 Å². The minimum atomic E-state index is -0.470. The topological polar surface area (TPSA) is 115 Å². The van der Waals surface area contributed by atoms with E-state index in [-0.39, 0.29) is 30.5 Å². The summed E-state index contributed by atoms with van der Waals surface area (Å²) in [6.07, 6.45) is 2.69. The number of aromatic amines is 2. The maximum atomic E-state index is 12.9. The molecule has 1 aromatic carbocycles. The molecule has 9 heteroatoms. The summed E-state index contributed by atoms with van der Waals surface area (Å²) in [5, 5.41) is 10.9. The van der Waals surface area contributed by atoms with Gasteiger partial charge in [0.25, 0.3) is 0 Å². The molecule has 174 valence electrons. The molecule has 3 N–H and O–H groups in total. The Bertz CT molecular complexity index is 1210. The van der Waals surface area contributed by atoms with Gasteiger partial charge in [0.1, 0.15) is 0 Å². The number of H-pyrrole nitrogens is 2. The number of aromatic nitrogens is 3. The fraction of sp³-hybridized carbons (Fsp3) is 0.458. The van der Waals surface area contributed by atoms with Crippen molar-refractivity contribution in [3.05, 3.63) is 57.8 Å². The van der Waals surface area contributed by atoms with Crippen molar-refractivity contribution in [1.29, 1.82) is 0 Å². The molecule has 33 heavy (non-hydrogen) atoms. The van der Waals surface area contributed by atoms with Gasteiger partial charge in [-0.2, -0.15) is 0 Å². The van der Waals surface area contributed by atoms with Crippen LogP contribution in [0.2, 0.25) is 0 Å². The normalized spacial score (nSPS) is 20.2. The minimum Gasteiger partial charge on any atom is -0.493 e. The number of piperidine rings is 1. The molecule has 1 unspecified atom stereocenters. The monoisotopic (exact) mass is 451 g/mol. The lowest BCUT2D eigenvalue weighted by atomic mass is 10.0. The lowest BCUT2D eigenvalue weighted by Crippen LogP contribution is -2.47. The third kappa shape index (κ3) is 4.51. The molecule has 1 amide bonds. The first-order valence-corrected chi connectivity index (χ1v) is 11.5. The van der Waals surface area contributed by atoms with Gasteiger partial charge < -0.3 is 19.7 Å². The van der Waals surface area contributed by atoms with Crippen LogP contribution in [-0.4, -0.2) is 67.5 Å². The largest absolute Gasteiger partial charge is 0.493 e. The van der Waals surface area contributed by atoms with Gasteiger partial charge in [0.05, 0.1) is 36.5 Å². The van der Waals surface area contributed by atoms with Crippen molar-refractivity contribution in [2.75, 3.05) is 19.6 Å². The Labute approximate surface area is 191 Å². The number of likely N-dealkylation sites (tertiary alicyclic amines) is 2. The van der Waals surface area contributed by atoms with Gasteiger partial charge in [-0.15, -0.1) is 0 Å². The number of benzene rings is 1. The van der Waals surface area contributed by atoms with E-state index in [1.54, 1.807) is 4.90 Å². The van der Waals surface area contributed by atoms with Crippen LogP contribution in [0.3, 0.4) is 0 Å². The number of rotatable bonds is 6. The van der Waals surface area contributed by atoms with Crippen molar-refractivity contribution in [1.82, 2.24) is 24.8 Å². The molecule has 3 aromatic rings. The van der Waals surface area contributed by atoms with Gasteiger partial charge in [0, 0.05) is 30.7 Å². The van der Waals surface area contributed by atoms with Crippen LogP contribution in [0.5, 0.6) is 5.88 Å². The Hall–Kier alpha value is -3.17. The number of para-hydroxylation sites is 1. The van der Waals surface area contributed by atoms with Gasteiger partial charge in [-0.05, 0) is 43.9 Å². The third-order valence-corrected chi connectivity index (χ3v) is 6.72. The first-order chi connectivity index (χ1) is 16.0. The number of hydrogen-bond donors (Lipinski definition) is 3. The number of imidazole rings is 1. The highest BCUT2D eigenvalue weighted by molar-refractivity contribution is 5.84. The maximum Gasteiger partial charge on any atom is 0.326 e. The van der Waals surface area contributed by atoms with E-state index in [0.29, 0.717) is 18.8 Å². The molecule has 2 aromatic heterocycles. The van der Waals surface area contributed by atoms with E-state index in [4.69, 9.17) is 4.74 Å². The predicted molar refractivity (Wildman–Crippen MR) is 123 cm³/mol. The van der Waals surface area contributed by atoms with Crippen LogP contribution >= 0.6 is 0 Å². The van der Waals surface area contributed by atoms with E-state index in [2.05, 4.69) is 32.0 Å². The van der Waals surface area contributed by atoms with Crippen LogP contribution in [-0.2, 0) is 22.7 Å². The summed E-state index contributed by atoms with van der Waals surface area (Å²) in [5.74, 6) is -0.152. The maximum absolute atomic E-state index is 12.9. The highest BCUT2D eigenvalue weighted by Gasteiger charge is 2.38. The standard InChI is InChI=1S/C24H29N5O4/c1-15-12-16(18-4-2-3-5-19(18)25-15)14-33-17-6-9-28(10-7-17)21-8-11-29(23(21)31)13-20-22(30)27-24(32)26-20/h2-5,12,17,21,30H,6-11,13-14H2,1H3,(H2,26,27,32). The molecule has 2 fully saturated rings. The van der Waals surface area contributed by atoms with E-state index in [1.165, 1.54) is 0 Å². The highest BCUT2D eigenvalue weighted by Crippen LogP contribution is 2.26. The quantitative estimate of drug-likeness (QED) is 0.529. The molecule has 2 aliphatic heterocycles. The first kappa shape index (κ1) is 21.7. The molecular formula is C24H29N5O4. The Morgan fingerprint density at radius 3 is 2.67 bits per heavy atom. The number of pyridine rings is 1. The highest BCUT2D eigenvalue weighted by atomic mass is 16.5. The fourth-order valence-corrected chi connectivity index (χ4v) is 5.01. The zero-order valence-electron chi connectivity index (χ0n) is 18.7. The molecule has 5 rings (SSSR count). The van der Waals surface area contributed by atoms with E-state index < -0.39 is 5.69 Å². The van der Waals surface area contributed by atoms with E-state index in [1.807, 2.05) is 25.1 Å². The van der Waals surface area contributed by atoms with E-state index in [9.17, 15) is 14.7 Å². The fourth-order valence-electron chi connectivity index (χ4n) is 5.01. The molecule has 0 bridgehead atoms. The Morgan fingerprint density at radius 2 is 1.91 bits per heavy atom.